The van der Waals surface area contributed by atoms with Gasteiger partial charge in [-0.1, -0.05) is 12.1 Å². The summed E-state index contributed by atoms with van der Waals surface area (Å²) >= 11 is 0. The number of nitrogens with zero attached hydrogens (tertiary/aromatic N) is 1. The lowest BCUT2D eigenvalue weighted by Crippen LogP contribution is -2.50. The lowest BCUT2D eigenvalue weighted by Gasteiger charge is -2.41. The maximum Gasteiger partial charge on any atom is 0.224 e. The highest BCUT2D eigenvalue weighted by Crippen LogP contribution is 2.36. The van der Waals surface area contributed by atoms with Crippen molar-refractivity contribution in [1.29, 1.82) is 0 Å². The molecule has 1 fully saturated rings. The standard InChI is InChI=1S/C26H34N2O4/c1-28(13-4-16-32-22-8-5-20-7-10-26(29)27-23(20)18-22)14-11-19(12-15-28)21-6-9-24(30-2)25(17-21)31-3/h5-6,8-9,17-19H,4,7,10-16H2,1-3H3/p+1. The number of piperidine rings is 1. The second kappa shape index (κ2) is 9.82. The molecule has 6 heteroatoms. The minimum Gasteiger partial charge on any atom is -0.493 e. The number of nitrogens with one attached hydrogen (secondary N) is 1. The fourth-order valence-electron chi connectivity index (χ4n) is 4.93. The maximum absolute atomic E-state index is 11.6. The number of ether oxygens (including phenoxy) is 3. The second-order valence-corrected chi connectivity index (χ2v) is 9.25. The Morgan fingerprint density at radius 1 is 1.00 bits per heavy atom. The fourth-order valence-corrected chi connectivity index (χ4v) is 4.93. The summed E-state index contributed by atoms with van der Waals surface area (Å²) in [7, 11) is 5.73. The van der Waals surface area contributed by atoms with Crippen molar-refractivity contribution in [1.82, 2.24) is 0 Å². The van der Waals surface area contributed by atoms with Crippen LogP contribution in [0.3, 0.4) is 0 Å². The van der Waals surface area contributed by atoms with Gasteiger partial charge in [-0.2, -0.15) is 0 Å². The highest BCUT2D eigenvalue weighted by Gasteiger charge is 2.30. The first-order valence-corrected chi connectivity index (χ1v) is 11.6. The summed E-state index contributed by atoms with van der Waals surface area (Å²) in [5.41, 5.74) is 3.43. The average Bonchev–Trinajstić information content (AvgIpc) is 2.81. The molecule has 1 amide bonds. The van der Waals surface area contributed by atoms with E-state index in [1.165, 1.54) is 37.1 Å². The van der Waals surface area contributed by atoms with Crippen LogP contribution in [0.4, 0.5) is 5.69 Å². The smallest absolute Gasteiger partial charge is 0.224 e. The van der Waals surface area contributed by atoms with Crippen LogP contribution in [0.2, 0.25) is 0 Å². The molecule has 32 heavy (non-hydrogen) atoms. The normalized spacial score (nSPS) is 22.6. The predicted molar refractivity (Wildman–Crippen MR) is 126 cm³/mol. The van der Waals surface area contributed by atoms with Crippen LogP contribution in [-0.4, -0.2) is 57.9 Å². The molecule has 4 rings (SSSR count). The van der Waals surface area contributed by atoms with Gasteiger partial charge in [-0.05, 0) is 41.7 Å². The number of aryl methyl sites for hydroxylation is 1. The van der Waals surface area contributed by atoms with Crippen molar-refractivity contribution in [3.05, 3.63) is 47.5 Å². The van der Waals surface area contributed by atoms with Gasteiger partial charge in [0.05, 0.1) is 47.5 Å². The van der Waals surface area contributed by atoms with Crippen LogP contribution in [0, 0.1) is 0 Å². The highest BCUT2D eigenvalue weighted by atomic mass is 16.5. The summed E-state index contributed by atoms with van der Waals surface area (Å²) in [6.07, 6.45) is 4.74. The molecule has 0 atom stereocenters. The van der Waals surface area contributed by atoms with Crippen molar-refractivity contribution >= 4 is 11.6 Å². The SMILES string of the molecule is COc1ccc(C2CC[N+](C)(CCCOc3ccc4c(c3)NC(=O)CC4)CC2)cc1OC. The fraction of sp³-hybridized carbons (Fsp3) is 0.500. The quantitative estimate of drug-likeness (QED) is 0.490. The van der Waals surface area contributed by atoms with Crippen LogP contribution in [-0.2, 0) is 11.2 Å². The Labute approximate surface area is 191 Å². The summed E-state index contributed by atoms with van der Waals surface area (Å²) < 4.78 is 17.9. The molecular formula is C26H35N2O4+. The number of hydrogen-bond donors (Lipinski definition) is 1. The molecule has 1 N–H and O–H groups in total. The number of rotatable bonds is 8. The molecule has 0 saturated carbocycles. The molecule has 2 aromatic carbocycles. The minimum absolute atomic E-state index is 0.0866. The van der Waals surface area contributed by atoms with E-state index in [-0.39, 0.29) is 5.91 Å². The molecule has 172 valence electrons. The van der Waals surface area contributed by atoms with Crippen molar-refractivity contribution < 1.29 is 23.5 Å². The van der Waals surface area contributed by atoms with Gasteiger partial charge in [-0.3, -0.25) is 4.79 Å². The zero-order chi connectivity index (χ0) is 22.6. The lowest BCUT2D eigenvalue weighted by atomic mass is 9.88. The van der Waals surface area contributed by atoms with E-state index < -0.39 is 0 Å². The zero-order valence-electron chi connectivity index (χ0n) is 19.5. The number of anilines is 1. The number of likely N-dealkylation sites (tertiary alicyclic amines) is 1. The number of carbonyl (C=O) groups is 1. The lowest BCUT2D eigenvalue weighted by molar-refractivity contribution is -0.914. The Hall–Kier alpha value is -2.73. The van der Waals surface area contributed by atoms with Crippen LogP contribution < -0.4 is 19.5 Å². The summed E-state index contributed by atoms with van der Waals surface area (Å²) in [4.78, 5) is 11.6. The summed E-state index contributed by atoms with van der Waals surface area (Å²) in [6.45, 7) is 4.15. The van der Waals surface area contributed by atoms with E-state index in [0.717, 1.165) is 46.8 Å². The van der Waals surface area contributed by atoms with Crippen LogP contribution >= 0.6 is 0 Å². The molecule has 0 spiro atoms. The Balaban J connectivity index is 1.24. The molecule has 6 nitrogen and oxygen atoms in total. The molecule has 0 radical (unpaired) electrons. The summed E-state index contributed by atoms with van der Waals surface area (Å²) in [5.74, 6) is 3.09. The topological polar surface area (TPSA) is 56.8 Å². The first-order chi connectivity index (χ1) is 15.5. The number of fused-ring (bicyclic) bond motifs is 1. The number of methoxy groups -OCH3 is 2. The molecule has 1 saturated heterocycles. The van der Waals surface area contributed by atoms with E-state index >= 15 is 0 Å². The van der Waals surface area contributed by atoms with Gasteiger partial charge in [0.15, 0.2) is 11.5 Å². The van der Waals surface area contributed by atoms with Crippen molar-refractivity contribution in [3.8, 4) is 17.2 Å². The number of hydrogen-bond acceptors (Lipinski definition) is 4. The van der Waals surface area contributed by atoms with E-state index in [1.807, 2.05) is 18.2 Å². The van der Waals surface area contributed by atoms with Crippen LogP contribution in [0.5, 0.6) is 17.2 Å². The highest BCUT2D eigenvalue weighted by molar-refractivity contribution is 5.94. The molecule has 2 aliphatic heterocycles. The van der Waals surface area contributed by atoms with E-state index in [4.69, 9.17) is 14.2 Å². The van der Waals surface area contributed by atoms with Gasteiger partial charge in [-0.25, -0.2) is 0 Å². The Morgan fingerprint density at radius 3 is 2.53 bits per heavy atom. The van der Waals surface area contributed by atoms with Gasteiger partial charge in [0.2, 0.25) is 5.91 Å². The number of benzene rings is 2. The van der Waals surface area contributed by atoms with Crippen LogP contribution in [0.1, 0.15) is 42.7 Å². The van der Waals surface area contributed by atoms with Crippen LogP contribution in [0.25, 0.3) is 0 Å². The molecule has 2 heterocycles. The minimum atomic E-state index is 0.0866. The summed E-state index contributed by atoms with van der Waals surface area (Å²) in [5, 5.41) is 2.94. The molecule has 2 aliphatic rings. The average molecular weight is 440 g/mol. The Morgan fingerprint density at radius 2 is 1.78 bits per heavy atom. The number of carbonyl (C=O) groups excluding carboxylic acids is 1. The molecule has 0 bridgehead atoms. The van der Waals surface area contributed by atoms with Gasteiger partial charge < -0.3 is 24.0 Å². The molecule has 0 aromatic heterocycles. The first kappa shape index (κ1) is 22.5. The first-order valence-electron chi connectivity index (χ1n) is 11.6. The number of amides is 1. The third kappa shape index (κ3) is 5.18. The zero-order valence-corrected chi connectivity index (χ0v) is 19.5. The third-order valence-electron chi connectivity index (χ3n) is 7.00. The maximum atomic E-state index is 11.6. The van der Waals surface area contributed by atoms with E-state index in [0.29, 0.717) is 18.9 Å². The van der Waals surface area contributed by atoms with Crippen molar-refractivity contribution in [2.75, 3.05) is 52.8 Å². The van der Waals surface area contributed by atoms with Crippen molar-refractivity contribution in [3.63, 3.8) is 0 Å². The van der Waals surface area contributed by atoms with Crippen LogP contribution in [0.15, 0.2) is 36.4 Å². The van der Waals surface area contributed by atoms with Crippen molar-refractivity contribution in [2.45, 2.75) is 38.0 Å². The molecule has 0 aliphatic carbocycles. The van der Waals surface area contributed by atoms with Gasteiger partial charge in [-0.15, -0.1) is 0 Å². The summed E-state index contributed by atoms with van der Waals surface area (Å²) in [6, 6.07) is 12.4. The van der Waals surface area contributed by atoms with Gasteiger partial charge in [0, 0.05) is 37.4 Å². The van der Waals surface area contributed by atoms with Crippen molar-refractivity contribution in [2.24, 2.45) is 0 Å². The van der Waals surface area contributed by atoms with E-state index in [2.05, 4.69) is 30.6 Å². The van der Waals surface area contributed by atoms with E-state index in [9.17, 15) is 4.79 Å². The monoisotopic (exact) mass is 439 g/mol. The Kier molecular flexibility index (Phi) is 6.89. The predicted octanol–water partition coefficient (Wildman–Crippen LogP) is 4.38. The number of quaternary nitrogens is 1. The third-order valence-corrected chi connectivity index (χ3v) is 7.00. The van der Waals surface area contributed by atoms with Gasteiger partial charge >= 0.3 is 0 Å². The van der Waals surface area contributed by atoms with Gasteiger partial charge in [0.25, 0.3) is 0 Å². The Bertz CT molecular complexity index is 951. The van der Waals surface area contributed by atoms with Gasteiger partial charge in [0.1, 0.15) is 5.75 Å². The molecule has 2 aromatic rings. The van der Waals surface area contributed by atoms with E-state index in [1.54, 1.807) is 14.2 Å². The largest absolute Gasteiger partial charge is 0.493 e. The second-order valence-electron chi connectivity index (χ2n) is 9.25. The molecule has 0 unspecified atom stereocenters. The molecular weight excluding hydrogens is 404 g/mol.